The molecule has 0 aliphatic rings. The van der Waals surface area contributed by atoms with E-state index in [1.165, 1.54) is 12.1 Å². The summed E-state index contributed by atoms with van der Waals surface area (Å²) in [5.41, 5.74) is -0.592. The summed E-state index contributed by atoms with van der Waals surface area (Å²) in [5.74, 6) is 0. The smallest absolute Gasteiger partial charge is 0.207 e. The van der Waals surface area contributed by atoms with Gasteiger partial charge in [0.15, 0.2) is 0 Å². The maximum atomic E-state index is 12.2. The van der Waals surface area contributed by atoms with Crippen molar-refractivity contribution in [2.75, 3.05) is 10.7 Å². The molecule has 0 aliphatic carbocycles. The number of benzene rings is 1. The Morgan fingerprint density at radius 1 is 1.33 bits per heavy atom. The van der Waals surface area contributed by atoms with E-state index in [1.807, 2.05) is 0 Å². The molecule has 1 N–H and O–H groups in total. The highest BCUT2D eigenvalue weighted by Gasteiger charge is 2.29. The van der Waals surface area contributed by atoms with Crippen LogP contribution < -0.4 is 4.72 Å². The van der Waals surface area contributed by atoms with Gasteiger partial charge in [0.2, 0.25) is 10.0 Å². The zero-order chi connectivity index (χ0) is 14.0. The lowest BCUT2D eigenvalue weighted by molar-refractivity contribution is 0.509. The Morgan fingerprint density at radius 2 is 1.89 bits per heavy atom. The topological polar surface area (TPSA) is 46.2 Å². The van der Waals surface area contributed by atoms with Crippen molar-refractivity contribution in [2.45, 2.75) is 17.4 Å². The van der Waals surface area contributed by atoms with E-state index in [0.29, 0.717) is 20.2 Å². The lowest BCUT2D eigenvalue weighted by Gasteiger charge is -2.26. The normalized spacial score (nSPS) is 12.7. The molecule has 18 heavy (non-hydrogen) atoms. The van der Waals surface area contributed by atoms with Crippen LogP contribution in [-0.2, 0) is 10.0 Å². The molecule has 1 aromatic rings. The minimum absolute atomic E-state index is 0.173. The van der Waals surface area contributed by atoms with Crippen LogP contribution in [0.1, 0.15) is 6.92 Å². The fraction of sp³-hybridized carbons (Fsp3) is 0.400. The summed E-state index contributed by atoms with van der Waals surface area (Å²) in [4.78, 5) is 0.173. The first-order valence-electron chi connectivity index (χ1n) is 4.85. The molecule has 102 valence electrons. The third-order valence-electron chi connectivity index (χ3n) is 2.17. The van der Waals surface area contributed by atoms with Crippen LogP contribution in [0.2, 0.25) is 5.02 Å². The van der Waals surface area contributed by atoms with E-state index in [2.05, 4.69) is 52.5 Å². The molecule has 0 aliphatic heterocycles. The van der Waals surface area contributed by atoms with Crippen molar-refractivity contribution in [1.29, 1.82) is 0 Å². The first-order chi connectivity index (χ1) is 8.24. The summed E-state index contributed by atoms with van der Waals surface area (Å²) in [7, 11) is -3.58. The zero-order valence-electron chi connectivity index (χ0n) is 9.38. The minimum atomic E-state index is -3.58. The Balaban J connectivity index is 3.10. The fourth-order valence-corrected chi connectivity index (χ4v) is 4.78. The lowest BCUT2D eigenvalue weighted by Crippen LogP contribution is -2.48. The molecule has 8 heteroatoms. The summed E-state index contributed by atoms with van der Waals surface area (Å²) in [6.45, 7) is 1.80. The van der Waals surface area contributed by atoms with E-state index in [9.17, 15) is 8.42 Å². The quantitative estimate of drug-likeness (QED) is 0.644. The second-order valence-electron chi connectivity index (χ2n) is 4.01. The van der Waals surface area contributed by atoms with Crippen LogP contribution in [0.15, 0.2) is 27.6 Å². The van der Waals surface area contributed by atoms with Crippen molar-refractivity contribution >= 4 is 69.4 Å². The highest BCUT2D eigenvalue weighted by molar-refractivity contribution is 9.10. The molecule has 1 aromatic carbocycles. The summed E-state index contributed by atoms with van der Waals surface area (Å²) >= 11 is 15.6. The Labute approximate surface area is 137 Å². The third-order valence-corrected chi connectivity index (χ3v) is 7.50. The van der Waals surface area contributed by atoms with Gasteiger partial charge in [-0.1, -0.05) is 43.5 Å². The van der Waals surface area contributed by atoms with Crippen molar-refractivity contribution in [3.8, 4) is 0 Å². The SMILES string of the molecule is CC(CBr)(CBr)NS(=O)(=O)c1ccc(Cl)c(Br)c1. The molecule has 0 heterocycles. The number of hydrogen-bond acceptors (Lipinski definition) is 2. The van der Waals surface area contributed by atoms with Gasteiger partial charge < -0.3 is 0 Å². The summed E-state index contributed by atoms with van der Waals surface area (Å²) in [5, 5.41) is 1.47. The third kappa shape index (κ3) is 4.18. The molecule has 0 saturated heterocycles. The number of rotatable bonds is 5. The average molecular weight is 484 g/mol. The molecule has 0 atom stereocenters. The highest BCUT2D eigenvalue weighted by Crippen LogP contribution is 2.26. The van der Waals surface area contributed by atoms with Gasteiger partial charge in [0.25, 0.3) is 0 Å². The number of sulfonamides is 1. The predicted octanol–water partition coefficient (Wildman–Crippen LogP) is 3.93. The molecule has 0 spiro atoms. The number of halogens is 4. The fourth-order valence-electron chi connectivity index (χ4n) is 1.12. The first-order valence-corrected chi connectivity index (χ1v) is 9.75. The Bertz CT molecular complexity index is 532. The molecular weight excluding hydrogens is 473 g/mol. The Kier molecular flexibility index (Phi) is 6.15. The van der Waals surface area contributed by atoms with E-state index >= 15 is 0 Å². The molecule has 0 amide bonds. The van der Waals surface area contributed by atoms with Crippen LogP contribution in [0.4, 0.5) is 0 Å². The zero-order valence-corrected chi connectivity index (χ0v) is 15.7. The van der Waals surface area contributed by atoms with E-state index in [1.54, 1.807) is 13.0 Å². The second-order valence-corrected chi connectivity index (χ2v) is 8.07. The average Bonchev–Trinajstić information content (AvgIpc) is 2.32. The number of nitrogens with one attached hydrogen (secondary N) is 1. The molecule has 0 bridgehead atoms. The van der Waals surface area contributed by atoms with Crippen LogP contribution in [0.5, 0.6) is 0 Å². The van der Waals surface area contributed by atoms with Crippen LogP contribution in [-0.4, -0.2) is 24.6 Å². The first kappa shape index (κ1) is 16.9. The van der Waals surface area contributed by atoms with Crippen molar-refractivity contribution in [3.05, 3.63) is 27.7 Å². The van der Waals surface area contributed by atoms with Crippen LogP contribution >= 0.6 is 59.4 Å². The molecule has 0 aromatic heterocycles. The molecular formula is C10H11Br3ClNO2S. The summed E-state index contributed by atoms with van der Waals surface area (Å²) in [6.07, 6.45) is 0. The Morgan fingerprint density at radius 3 is 2.33 bits per heavy atom. The molecule has 0 unspecified atom stereocenters. The van der Waals surface area contributed by atoms with Gasteiger partial charge in [-0.05, 0) is 41.1 Å². The van der Waals surface area contributed by atoms with Gasteiger partial charge >= 0.3 is 0 Å². The molecule has 0 radical (unpaired) electrons. The van der Waals surface area contributed by atoms with Crippen LogP contribution in [0.25, 0.3) is 0 Å². The number of hydrogen-bond donors (Lipinski definition) is 1. The summed E-state index contributed by atoms with van der Waals surface area (Å²) < 4.78 is 27.6. The van der Waals surface area contributed by atoms with Crippen molar-refractivity contribution in [1.82, 2.24) is 4.72 Å². The maximum absolute atomic E-state index is 12.2. The van der Waals surface area contributed by atoms with Crippen molar-refractivity contribution < 1.29 is 8.42 Å². The van der Waals surface area contributed by atoms with Gasteiger partial charge in [0, 0.05) is 20.7 Å². The Hall–Kier alpha value is 0.860. The van der Waals surface area contributed by atoms with Gasteiger partial charge in [0.05, 0.1) is 9.92 Å². The van der Waals surface area contributed by atoms with Gasteiger partial charge in [-0.25, -0.2) is 13.1 Å². The lowest BCUT2D eigenvalue weighted by atomic mass is 10.1. The monoisotopic (exact) mass is 481 g/mol. The van der Waals surface area contributed by atoms with Gasteiger partial charge in [0.1, 0.15) is 0 Å². The van der Waals surface area contributed by atoms with E-state index in [0.717, 1.165) is 0 Å². The molecule has 1 rings (SSSR count). The van der Waals surface area contributed by atoms with Gasteiger partial charge in [-0.3, -0.25) is 0 Å². The predicted molar refractivity (Wildman–Crippen MR) is 85.5 cm³/mol. The van der Waals surface area contributed by atoms with Crippen molar-refractivity contribution in [3.63, 3.8) is 0 Å². The second kappa shape index (κ2) is 6.54. The minimum Gasteiger partial charge on any atom is -0.207 e. The van der Waals surface area contributed by atoms with E-state index in [4.69, 9.17) is 11.6 Å². The molecule has 3 nitrogen and oxygen atoms in total. The van der Waals surface area contributed by atoms with Crippen molar-refractivity contribution in [2.24, 2.45) is 0 Å². The summed E-state index contributed by atoms with van der Waals surface area (Å²) in [6, 6.07) is 4.49. The standard InChI is InChI=1S/C10H11Br3ClNO2S/c1-10(5-11,6-12)15-18(16,17)7-2-3-9(14)8(13)4-7/h2-4,15H,5-6H2,1H3. The molecule has 0 fully saturated rings. The number of alkyl halides is 2. The highest BCUT2D eigenvalue weighted by atomic mass is 79.9. The van der Waals surface area contributed by atoms with Gasteiger partial charge in [-0.15, -0.1) is 0 Å². The van der Waals surface area contributed by atoms with Crippen LogP contribution in [0.3, 0.4) is 0 Å². The van der Waals surface area contributed by atoms with E-state index < -0.39 is 15.6 Å². The van der Waals surface area contributed by atoms with Crippen LogP contribution in [0, 0.1) is 0 Å². The maximum Gasteiger partial charge on any atom is 0.241 e. The van der Waals surface area contributed by atoms with E-state index in [-0.39, 0.29) is 4.90 Å². The molecule has 0 saturated carbocycles. The largest absolute Gasteiger partial charge is 0.241 e. The van der Waals surface area contributed by atoms with Gasteiger partial charge in [-0.2, -0.15) is 0 Å².